The lowest BCUT2D eigenvalue weighted by atomic mass is 10.3. The van der Waals surface area contributed by atoms with Crippen molar-refractivity contribution in [1.82, 2.24) is 15.3 Å². The summed E-state index contributed by atoms with van der Waals surface area (Å²) in [5.74, 6) is -1.12. The molecule has 2 aromatic heterocycles. The Hall–Kier alpha value is -2.28. The molecule has 0 radical (unpaired) electrons. The topological polar surface area (TPSA) is 98.0 Å². The summed E-state index contributed by atoms with van der Waals surface area (Å²) in [4.78, 5) is 31.2. The molecule has 2 heterocycles. The summed E-state index contributed by atoms with van der Waals surface area (Å²) in [6.45, 7) is 0. The molecule has 18 heavy (non-hydrogen) atoms. The first-order chi connectivity index (χ1) is 8.63. The first-order valence-corrected chi connectivity index (χ1v) is 5.89. The number of hydrogen-bond acceptors (Lipinski definition) is 5. The molecule has 0 aromatic carbocycles. The summed E-state index contributed by atoms with van der Waals surface area (Å²) < 4.78 is 0. The number of nitrogens with two attached hydrogens (primary N) is 1. The van der Waals surface area contributed by atoms with Gasteiger partial charge in [-0.1, -0.05) is 6.07 Å². The van der Waals surface area contributed by atoms with Crippen molar-refractivity contribution < 1.29 is 9.59 Å². The van der Waals surface area contributed by atoms with Crippen LogP contribution in [-0.2, 0) is 0 Å². The summed E-state index contributed by atoms with van der Waals surface area (Å²) in [5.41, 5.74) is 5.86. The van der Waals surface area contributed by atoms with Gasteiger partial charge in [-0.2, -0.15) is 0 Å². The molecule has 0 aliphatic rings. The molecule has 2 aromatic rings. The minimum Gasteiger partial charge on any atom is -0.365 e. The van der Waals surface area contributed by atoms with E-state index < -0.39 is 11.8 Å². The van der Waals surface area contributed by atoms with E-state index in [1.54, 1.807) is 24.4 Å². The van der Waals surface area contributed by atoms with Crippen molar-refractivity contribution in [1.29, 1.82) is 0 Å². The van der Waals surface area contributed by atoms with Gasteiger partial charge in [0.15, 0.2) is 5.69 Å². The summed E-state index contributed by atoms with van der Waals surface area (Å²) in [5, 5.41) is 2.91. The van der Waals surface area contributed by atoms with Crippen LogP contribution in [0.5, 0.6) is 0 Å². The average molecular weight is 262 g/mol. The van der Waals surface area contributed by atoms with Gasteiger partial charge < -0.3 is 11.1 Å². The van der Waals surface area contributed by atoms with Gasteiger partial charge in [-0.3, -0.25) is 14.6 Å². The van der Waals surface area contributed by atoms with Crippen LogP contribution in [-0.4, -0.2) is 28.8 Å². The van der Waals surface area contributed by atoms with Crippen LogP contribution < -0.4 is 11.1 Å². The molecule has 2 rings (SSSR count). The van der Waals surface area contributed by atoms with E-state index in [9.17, 15) is 9.59 Å². The van der Waals surface area contributed by atoms with Gasteiger partial charge in [-0.15, -0.1) is 11.3 Å². The predicted molar refractivity (Wildman–Crippen MR) is 67.3 cm³/mol. The first kappa shape index (κ1) is 12.2. The highest BCUT2D eigenvalue weighted by atomic mass is 32.1. The van der Waals surface area contributed by atoms with Crippen LogP contribution in [0.25, 0.3) is 10.7 Å². The Kier molecular flexibility index (Phi) is 3.33. The number of pyridine rings is 1. The number of hydrogen-bond donors (Lipinski definition) is 2. The van der Waals surface area contributed by atoms with Crippen molar-refractivity contribution in [2.24, 2.45) is 5.73 Å². The Morgan fingerprint density at radius 3 is 2.72 bits per heavy atom. The number of thiazole rings is 1. The molecule has 6 nitrogen and oxygen atoms in total. The molecule has 3 N–H and O–H groups in total. The van der Waals surface area contributed by atoms with E-state index in [1.165, 1.54) is 7.05 Å². The zero-order chi connectivity index (χ0) is 13.1. The quantitative estimate of drug-likeness (QED) is 0.849. The Labute approximate surface area is 107 Å². The Balaban J connectivity index is 2.53. The molecule has 0 unspecified atom stereocenters. The fourth-order valence-corrected chi connectivity index (χ4v) is 2.25. The molecule has 0 saturated carbocycles. The van der Waals surface area contributed by atoms with Crippen LogP contribution in [0.1, 0.15) is 20.2 Å². The second-order valence-corrected chi connectivity index (χ2v) is 4.35. The van der Waals surface area contributed by atoms with Gasteiger partial charge >= 0.3 is 0 Å². The minimum atomic E-state index is -0.673. The molecular formula is C11H10N4O2S. The van der Waals surface area contributed by atoms with Crippen LogP contribution >= 0.6 is 11.3 Å². The number of carbonyl (C=O) groups excluding carboxylic acids is 2. The van der Waals surface area contributed by atoms with Crippen molar-refractivity contribution in [3.63, 3.8) is 0 Å². The van der Waals surface area contributed by atoms with Gasteiger partial charge in [0.2, 0.25) is 0 Å². The SMILES string of the molecule is CNC(=O)c1nc(-c2ccccn2)sc1C(N)=O. The number of amides is 2. The third-order valence-corrected chi connectivity index (χ3v) is 3.27. The van der Waals surface area contributed by atoms with Crippen molar-refractivity contribution in [2.75, 3.05) is 7.05 Å². The zero-order valence-corrected chi connectivity index (χ0v) is 10.3. The van der Waals surface area contributed by atoms with Gasteiger partial charge in [0, 0.05) is 13.2 Å². The summed E-state index contributed by atoms with van der Waals surface area (Å²) in [7, 11) is 1.47. The van der Waals surface area contributed by atoms with Crippen LogP contribution in [0.4, 0.5) is 0 Å². The summed E-state index contributed by atoms with van der Waals surface area (Å²) in [6, 6.07) is 5.32. The highest BCUT2D eigenvalue weighted by Crippen LogP contribution is 2.26. The Morgan fingerprint density at radius 2 is 2.17 bits per heavy atom. The van der Waals surface area contributed by atoms with E-state index >= 15 is 0 Å². The smallest absolute Gasteiger partial charge is 0.271 e. The lowest BCUT2D eigenvalue weighted by Crippen LogP contribution is -2.22. The van der Waals surface area contributed by atoms with Crippen LogP contribution in [0.15, 0.2) is 24.4 Å². The van der Waals surface area contributed by atoms with Gasteiger partial charge in [-0.25, -0.2) is 4.98 Å². The number of primary amides is 1. The normalized spacial score (nSPS) is 10.1. The van der Waals surface area contributed by atoms with Crippen molar-refractivity contribution in [2.45, 2.75) is 0 Å². The van der Waals surface area contributed by atoms with E-state index in [0.29, 0.717) is 10.7 Å². The minimum absolute atomic E-state index is 0.0376. The maximum absolute atomic E-state index is 11.6. The summed E-state index contributed by atoms with van der Waals surface area (Å²) in [6.07, 6.45) is 1.61. The molecule has 0 fully saturated rings. The fraction of sp³-hybridized carbons (Fsp3) is 0.0909. The van der Waals surface area contributed by atoms with Gasteiger partial charge in [0.05, 0.1) is 5.69 Å². The molecule has 0 aliphatic heterocycles. The fourth-order valence-electron chi connectivity index (χ4n) is 1.36. The molecule has 7 heteroatoms. The van der Waals surface area contributed by atoms with Gasteiger partial charge in [-0.05, 0) is 12.1 Å². The Bertz CT molecular complexity index is 594. The van der Waals surface area contributed by atoms with Gasteiger partial charge in [0.1, 0.15) is 9.88 Å². The van der Waals surface area contributed by atoms with Gasteiger partial charge in [0.25, 0.3) is 11.8 Å². The van der Waals surface area contributed by atoms with Crippen molar-refractivity contribution >= 4 is 23.2 Å². The molecule has 0 aliphatic carbocycles. The van der Waals surface area contributed by atoms with Crippen molar-refractivity contribution in [3.05, 3.63) is 35.0 Å². The molecule has 0 spiro atoms. The maximum Gasteiger partial charge on any atom is 0.271 e. The van der Waals surface area contributed by atoms with Crippen molar-refractivity contribution in [3.8, 4) is 10.7 Å². The van der Waals surface area contributed by atoms with E-state index in [1.807, 2.05) is 0 Å². The Morgan fingerprint density at radius 1 is 1.39 bits per heavy atom. The molecule has 0 bridgehead atoms. The van der Waals surface area contributed by atoms with E-state index in [0.717, 1.165) is 11.3 Å². The second-order valence-electron chi connectivity index (χ2n) is 3.36. The molecular weight excluding hydrogens is 252 g/mol. The highest BCUT2D eigenvalue weighted by molar-refractivity contribution is 7.17. The molecule has 0 saturated heterocycles. The van der Waals surface area contributed by atoms with E-state index in [-0.39, 0.29) is 10.6 Å². The number of nitrogens with zero attached hydrogens (tertiary/aromatic N) is 2. The maximum atomic E-state index is 11.6. The van der Waals surface area contributed by atoms with Crippen LogP contribution in [0.3, 0.4) is 0 Å². The third kappa shape index (κ3) is 2.21. The molecule has 92 valence electrons. The number of nitrogens with one attached hydrogen (secondary N) is 1. The largest absolute Gasteiger partial charge is 0.365 e. The number of aromatic nitrogens is 2. The first-order valence-electron chi connectivity index (χ1n) is 5.07. The third-order valence-electron chi connectivity index (χ3n) is 2.18. The summed E-state index contributed by atoms with van der Waals surface area (Å²) >= 11 is 1.06. The lowest BCUT2D eigenvalue weighted by molar-refractivity contribution is 0.0941. The average Bonchev–Trinajstić information content (AvgIpc) is 2.84. The number of carbonyl (C=O) groups is 2. The zero-order valence-electron chi connectivity index (χ0n) is 9.51. The lowest BCUT2D eigenvalue weighted by Gasteiger charge is -1.95. The molecule has 2 amide bonds. The standard InChI is InChI=1S/C11H10N4O2S/c1-13-10(17)7-8(9(12)16)18-11(15-7)6-4-2-3-5-14-6/h2-5H,1H3,(H2,12,16)(H,13,17). The molecule has 0 atom stereocenters. The van der Waals surface area contributed by atoms with E-state index in [2.05, 4.69) is 15.3 Å². The van der Waals surface area contributed by atoms with Crippen LogP contribution in [0.2, 0.25) is 0 Å². The highest BCUT2D eigenvalue weighted by Gasteiger charge is 2.21. The van der Waals surface area contributed by atoms with Crippen LogP contribution in [0, 0.1) is 0 Å². The van der Waals surface area contributed by atoms with E-state index in [4.69, 9.17) is 5.73 Å². The monoisotopic (exact) mass is 262 g/mol. The number of rotatable bonds is 3. The predicted octanol–water partition coefficient (Wildman–Crippen LogP) is 0.664. The second kappa shape index (κ2) is 4.92.